The molecule has 1 amide bonds. The molecule has 2 aromatic rings. The van der Waals surface area contributed by atoms with E-state index in [2.05, 4.69) is 4.72 Å². The molecule has 5 nitrogen and oxygen atoms in total. The molecule has 0 radical (unpaired) electrons. The molecular formula is C16H13F3N2O3S. The lowest BCUT2D eigenvalue weighted by Crippen LogP contribution is -2.37. The van der Waals surface area contributed by atoms with E-state index < -0.39 is 38.4 Å². The van der Waals surface area contributed by atoms with Crippen LogP contribution in [-0.4, -0.2) is 26.9 Å². The van der Waals surface area contributed by atoms with Gasteiger partial charge in [-0.25, -0.2) is 26.3 Å². The lowest BCUT2D eigenvalue weighted by atomic mass is 10.3. The van der Waals surface area contributed by atoms with Crippen LogP contribution in [0, 0.1) is 17.5 Å². The van der Waals surface area contributed by atoms with Crippen molar-refractivity contribution in [3.63, 3.8) is 0 Å². The number of hydrogen-bond donors (Lipinski definition) is 1. The van der Waals surface area contributed by atoms with Crippen LogP contribution in [0.15, 0.2) is 47.4 Å². The van der Waals surface area contributed by atoms with E-state index >= 15 is 0 Å². The van der Waals surface area contributed by atoms with Crippen LogP contribution in [0.4, 0.5) is 18.9 Å². The van der Waals surface area contributed by atoms with E-state index in [4.69, 9.17) is 0 Å². The summed E-state index contributed by atoms with van der Waals surface area (Å²) in [4.78, 5) is 12.6. The van der Waals surface area contributed by atoms with Crippen molar-refractivity contribution in [3.8, 4) is 0 Å². The number of nitrogens with one attached hydrogen (secondary N) is 1. The van der Waals surface area contributed by atoms with Crippen LogP contribution < -0.4 is 9.62 Å². The van der Waals surface area contributed by atoms with Crippen molar-refractivity contribution in [3.05, 3.63) is 59.9 Å². The second-order valence-corrected chi connectivity index (χ2v) is 7.26. The lowest BCUT2D eigenvalue weighted by Gasteiger charge is -2.17. The van der Waals surface area contributed by atoms with E-state index in [-0.39, 0.29) is 18.9 Å². The molecule has 0 unspecified atom stereocenters. The van der Waals surface area contributed by atoms with E-state index in [0.29, 0.717) is 17.8 Å². The first-order chi connectivity index (χ1) is 11.8. The molecule has 0 aromatic heterocycles. The highest BCUT2D eigenvalue weighted by molar-refractivity contribution is 7.89. The van der Waals surface area contributed by atoms with Crippen LogP contribution in [0.2, 0.25) is 0 Å². The largest absolute Gasteiger partial charge is 0.311 e. The van der Waals surface area contributed by atoms with Gasteiger partial charge in [-0.05, 0) is 42.5 Å². The van der Waals surface area contributed by atoms with Gasteiger partial charge in [-0.2, -0.15) is 0 Å². The van der Waals surface area contributed by atoms with Crippen LogP contribution in [0.1, 0.15) is 6.42 Å². The van der Waals surface area contributed by atoms with Crippen LogP contribution in [-0.2, 0) is 14.8 Å². The van der Waals surface area contributed by atoms with Gasteiger partial charge in [-0.3, -0.25) is 4.79 Å². The van der Waals surface area contributed by atoms with Gasteiger partial charge in [0.15, 0.2) is 0 Å². The molecule has 1 atom stereocenters. The predicted molar refractivity (Wildman–Crippen MR) is 83.8 cm³/mol. The zero-order valence-electron chi connectivity index (χ0n) is 12.7. The Morgan fingerprint density at radius 1 is 1.00 bits per heavy atom. The maximum atomic E-state index is 13.7. The maximum absolute atomic E-state index is 13.7. The van der Waals surface area contributed by atoms with Gasteiger partial charge in [0.1, 0.15) is 22.3 Å². The van der Waals surface area contributed by atoms with Crippen molar-refractivity contribution < 1.29 is 26.4 Å². The van der Waals surface area contributed by atoms with E-state index in [9.17, 15) is 26.4 Å². The minimum Gasteiger partial charge on any atom is -0.311 e. The molecule has 0 aliphatic carbocycles. The summed E-state index contributed by atoms with van der Waals surface area (Å²) in [6.07, 6.45) is -0.145. The minimum absolute atomic E-state index is 0.000625. The Hall–Kier alpha value is -2.39. The maximum Gasteiger partial charge on any atom is 0.243 e. The number of sulfonamides is 1. The molecule has 3 rings (SSSR count). The smallest absolute Gasteiger partial charge is 0.243 e. The molecule has 1 fully saturated rings. The number of carbonyl (C=O) groups excluding carboxylic acids is 1. The van der Waals surface area contributed by atoms with E-state index in [1.54, 1.807) is 0 Å². The second-order valence-electron chi connectivity index (χ2n) is 5.58. The third-order valence-corrected chi connectivity index (χ3v) is 5.30. The van der Waals surface area contributed by atoms with E-state index in [1.807, 2.05) is 0 Å². The van der Waals surface area contributed by atoms with E-state index in [1.165, 1.54) is 29.2 Å². The van der Waals surface area contributed by atoms with E-state index in [0.717, 1.165) is 6.07 Å². The van der Waals surface area contributed by atoms with Crippen molar-refractivity contribution >= 4 is 21.6 Å². The van der Waals surface area contributed by atoms with Crippen LogP contribution in [0.3, 0.4) is 0 Å². The van der Waals surface area contributed by atoms with Crippen LogP contribution in [0.25, 0.3) is 0 Å². The number of rotatable bonds is 4. The summed E-state index contributed by atoms with van der Waals surface area (Å²) in [6, 6.07) is 6.45. The summed E-state index contributed by atoms with van der Waals surface area (Å²) in [5, 5.41) is 0. The molecule has 1 heterocycles. The molecule has 0 saturated carbocycles. The van der Waals surface area contributed by atoms with Gasteiger partial charge in [0.05, 0.1) is 0 Å². The molecular weight excluding hydrogens is 357 g/mol. The topological polar surface area (TPSA) is 66.5 Å². The first-order valence-corrected chi connectivity index (χ1v) is 8.78. The second kappa shape index (κ2) is 6.49. The Morgan fingerprint density at radius 2 is 1.64 bits per heavy atom. The average Bonchev–Trinajstić information content (AvgIpc) is 2.90. The Balaban J connectivity index is 1.79. The third-order valence-electron chi connectivity index (χ3n) is 3.77. The minimum atomic E-state index is -4.34. The Kier molecular flexibility index (Phi) is 4.53. The lowest BCUT2D eigenvalue weighted by molar-refractivity contribution is -0.117. The van der Waals surface area contributed by atoms with Crippen molar-refractivity contribution in [2.45, 2.75) is 17.4 Å². The summed E-state index contributed by atoms with van der Waals surface area (Å²) in [7, 11) is -4.34. The Labute approximate surface area is 142 Å². The number of anilines is 1. The SMILES string of the molecule is O=C1C[C@H](NS(=O)(=O)c2cc(F)ccc2F)CN1c1ccc(F)cc1. The zero-order chi connectivity index (χ0) is 18.2. The van der Waals surface area contributed by atoms with Crippen molar-refractivity contribution in [1.82, 2.24) is 4.72 Å². The molecule has 1 N–H and O–H groups in total. The number of halogens is 3. The molecule has 25 heavy (non-hydrogen) atoms. The molecule has 1 saturated heterocycles. The highest BCUT2D eigenvalue weighted by atomic mass is 32.2. The van der Waals surface area contributed by atoms with Gasteiger partial charge >= 0.3 is 0 Å². The Morgan fingerprint density at radius 3 is 2.32 bits per heavy atom. The van der Waals surface area contributed by atoms with Gasteiger partial charge in [-0.1, -0.05) is 0 Å². The molecule has 9 heteroatoms. The van der Waals surface area contributed by atoms with Crippen LogP contribution >= 0.6 is 0 Å². The molecule has 132 valence electrons. The number of amides is 1. The molecule has 0 bridgehead atoms. The highest BCUT2D eigenvalue weighted by Crippen LogP contribution is 2.23. The summed E-state index contributed by atoms with van der Waals surface area (Å²) in [6.45, 7) is 0.000625. The first kappa shape index (κ1) is 17.4. The fraction of sp³-hybridized carbons (Fsp3) is 0.188. The molecule has 2 aromatic carbocycles. The zero-order valence-corrected chi connectivity index (χ0v) is 13.6. The van der Waals surface area contributed by atoms with Crippen molar-refractivity contribution in [1.29, 1.82) is 0 Å². The van der Waals surface area contributed by atoms with Crippen molar-refractivity contribution in [2.75, 3.05) is 11.4 Å². The first-order valence-electron chi connectivity index (χ1n) is 7.29. The molecule has 1 aliphatic heterocycles. The van der Waals surface area contributed by atoms with Crippen LogP contribution in [0.5, 0.6) is 0 Å². The van der Waals surface area contributed by atoms with Gasteiger partial charge in [-0.15, -0.1) is 0 Å². The summed E-state index contributed by atoms with van der Waals surface area (Å²) in [5.41, 5.74) is 0.421. The average molecular weight is 370 g/mol. The third kappa shape index (κ3) is 3.67. The quantitative estimate of drug-likeness (QED) is 0.897. The predicted octanol–water partition coefficient (Wildman–Crippen LogP) is 2.19. The van der Waals surface area contributed by atoms with Gasteiger partial charge in [0.25, 0.3) is 0 Å². The highest BCUT2D eigenvalue weighted by Gasteiger charge is 2.34. The fourth-order valence-corrected chi connectivity index (χ4v) is 3.94. The molecule has 1 aliphatic rings. The van der Waals surface area contributed by atoms with Gasteiger partial charge < -0.3 is 4.90 Å². The normalized spacial score (nSPS) is 18.0. The number of benzene rings is 2. The Bertz CT molecular complexity index is 917. The number of hydrogen-bond acceptors (Lipinski definition) is 3. The summed E-state index contributed by atoms with van der Waals surface area (Å²) in [5.74, 6) is -2.81. The standard InChI is InChI=1S/C16H13F3N2O3S/c17-10-1-4-13(5-2-10)21-9-12(8-16(21)22)20-25(23,24)15-7-11(18)3-6-14(15)19/h1-7,12,20H,8-9H2/t12-/m0/s1. The van der Waals surface area contributed by atoms with Gasteiger partial charge in [0, 0.05) is 24.7 Å². The monoisotopic (exact) mass is 370 g/mol. The summed E-state index contributed by atoms with van der Waals surface area (Å²) >= 11 is 0. The van der Waals surface area contributed by atoms with Gasteiger partial charge in [0.2, 0.25) is 15.9 Å². The molecule has 0 spiro atoms. The number of nitrogens with zero attached hydrogens (tertiary/aromatic N) is 1. The summed E-state index contributed by atoms with van der Waals surface area (Å²) < 4.78 is 66.6. The number of carbonyl (C=O) groups is 1. The van der Waals surface area contributed by atoms with Crippen molar-refractivity contribution in [2.24, 2.45) is 0 Å². The fourth-order valence-electron chi connectivity index (χ4n) is 2.62.